The number of carbonyl (C=O) groups excluding carboxylic acids is 1. The van der Waals surface area contributed by atoms with Gasteiger partial charge in [0.05, 0.1) is 5.88 Å². The molecule has 86 valence electrons. The fourth-order valence-corrected chi connectivity index (χ4v) is 2.27. The van der Waals surface area contributed by atoms with Crippen molar-refractivity contribution in [2.24, 2.45) is 0 Å². The molecule has 0 aromatic rings. The molecule has 1 fully saturated rings. The first-order chi connectivity index (χ1) is 7.15. The second kappa shape index (κ2) is 5.94. The van der Waals surface area contributed by atoms with Crippen molar-refractivity contribution in [2.45, 2.75) is 18.9 Å². The molecule has 7 heteroatoms. The third kappa shape index (κ3) is 3.69. The largest absolute Gasteiger partial charge is 0.481 e. The maximum atomic E-state index is 11.7. The normalized spacial score (nSPS) is 17.8. The highest BCUT2D eigenvalue weighted by atomic mass is 32.2. The third-order valence-corrected chi connectivity index (χ3v) is 3.13. The summed E-state index contributed by atoms with van der Waals surface area (Å²) in [5, 5.41) is 17.2. The van der Waals surface area contributed by atoms with E-state index in [4.69, 9.17) is 10.3 Å². The van der Waals surface area contributed by atoms with E-state index in [0.717, 1.165) is 5.75 Å². The second-order valence-corrected chi connectivity index (χ2v) is 4.33. The maximum Gasteiger partial charge on any atom is 0.303 e. The van der Waals surface area contributed by atoms with Crippen LogP contribution in [0.15, 0.2) is 0 Å². The number of carbonyl (C=O) groups is 2. The van der Waals surface area contributed by atoms with Crippen molar-refractivity contribution in [2.75, 3.05) is 18.2 Å². The summed E-state index contributed by atoms with van der Waals surface area (Å²) >= 11 is 1.64. The molecule has 1 saturated heterocycles. The molecular formula is C8H14N2O4S. The van der Waals surface area contributed by atoms with Gasteiger partial charge in [-0.1, -0.05) is 0 Å². The lowest BCUT2D eigenvalue weighted by atomic mass is 10.1. The zero-order valence-electron chi connectivity index (χ0n) is 8.18. The molecule has 1 atom stereocenters. The molecule has 0 aliphatic carbocycles. The van der Waals surface area contributed by atoms with Crippen molar-refractivity contribution in [1.29, 1.82) is 0 Å². The first-order valence-electron chi connectivity index (χ1n) is 4.63. The van der Waals surface area contributed by atoms with Crippen LogP contribution in [0.25, 0.3) is 0 Å². The van der Waals surface area contributed by atoms with Crippen molar-refractivity contribution >= 4 is 23.6 Å². The zero-order chi connectivity index (χ0) is 11.3. The summed E-state index contributed by atoms with van der Waals surface area (Å²) in [6, 6.07) is -0.806. The van der Waals surface area contributed by atoms with Crippen LogP contribution in [0.1, 0.15) is 12.8 Å². The minimum Gasteiger partial charge on any atom is -0.481 e. The predicted molar refractivity (Wildman–Crippen MR) is 54.6 cm³/mol. The van der Waals surface area contributed by atoms with Gasteiger partial charge >= 0.3 is 5.97 Å². The van der Waals surface area contributed by atoms with Crippen LogP contribution in [0, 0.1) is 0 Å². The molecule has 0 spiro atoms. The van der Waals surface area contributed by atoms with Gasteiger partial charge < -0.3 is 15.2 Å². The van der Waals surface area contributed by atoms with Crippen molar-refractivity contribution < 1.29 is 19.9 Å². The Hall–Kier alpha value is -0.790. The summed E-state index contributed by atoms with van der Waals surface area (Å²) < 4.78 is 0. The molecule has 0 aromatic heterocycles. The first kappa shape index (κ1) is 12.3. The first-order valence-corrected chi connectivity index (χ1v) is 5.78. The van der Waals surface area contributed by atoms with Gasteiger partial charge in [0, 0.05) is 18.7 Å². The Balaban J connectivity index is 2.42. The van der Waals surface area contributed by atoms with Crippen LogP contribution in [0.3, 0.4) is 0 Å². The molecule has 1 rings (SSSR count). The molecule has 0 aromatic carbocycles. The Morgan fingerprint density at radius 3 is 2.73 bits per heavy atom. The number of rotatable bonds is 5. The van der Waals surface area contributed by atoms with Crippen molar-refractivity contribution in [3.8, 4) is 0 Å². The fourth-order valence-electron chi connectivity index (χ4n) is 1.32. The molecule has 0 bridgehead atoms. The molecular weight excluding hydrogens is 220 g/mol. The van der Waals surface area contributed by atoms with Gasteiger partial charge in [-0.25, -0.2) is 0 Å². The maximum absolute atomic E-state index is 11.7. The number of hydrogen-bond acceptors (Lipinski definition) is 5. The Morgan fingerprint density at radius 1 is 1.53 bits per heavy atom. The number of carboxylic acid groups (broad SMARTS) is 1. The van der Waals surface area contributed by atoms with Gasteiger partial charge in [0.15, 0.2) is 0 Å². The molecule has 1 aliphatic heterocycles. The summed E-state index contributed by atoms with van der Waals surface area (Å²) in [5.74, 6) is 0.301. The summed E-state index contributed by atoms with van der Waals surface area (Å²) in [6.45, 7) is 0.661. The second-order valence-electron chi connectivity index (χ2n) is 3.25. The van der Waals surface area contributed by atoms with Crippen LogP contribution >= 0.6 is 11.8 Å². The Labute approximate surface area is 91.6 Å². The van der Waals surface area contributed by atoms with E-state index in [0.29, 0.717) is 12.4 Å². The number of amides is 1. The Kier molecular flexibility index (Phi) is 4.86. The minimum atomic E-state index is -0.973. The average molecular weight is 234 g/mol. The molecule has 3 N–H and O–H groups in total. The van der Waals surface area contributed by atoms with Gasteiger partial charge in [0.2, 0.25) is 5.91 Å². The number of thioether (sulfide) groups is 1. The minimum absolute atomic E-state index is 0.103. The van der Waals surface area contributed by atoms with E-state index < -0.39 is 12.0 Å². The van der Waals surface area contributed by atoms with Crippen LogP contribution in [-0.2, 0) is 9.59 Å². The van der Waals surface area contributed by atoms with Gasteiger partial charge in [0.1, 0.15) is 6.04 Å². The number of nitrogens with zero attached hydrogens (tertiary/aromatic N) is 1. The summed E-state index contributed by atoms with van der Waals surface area (Å²) in [5.41, 5.74) is 1.87. The molecule has 1 amide bonds. The van der Waals surface area contributed by atoms with Crippen LogP contribution in [0.4, 0.5) is 0 Å². The van der Waals surface area contributed by atoms with E-state index in [1.807, 2.05) is 5.48 Å². The summed E-state index contributed by atoms with van der Waals surface area (Å²) in [4.78, 5) is 23.6. The average Bonchev–Trinajstić information content (AvgIpc) is 2.70. The van der Waals surface area contributed by atoms with E-state index in [1.54, 1.807) is 16.7 Å². The molecule has 1 heterocycles. The topological polar surface area (TPSA) is 89.9 Å². The van der Waals surface area contributed by atoms with Crippen molar-refractivity contribution in [1.82, 2.24) is 10.4 Å². The van der Waals surface area contributed by atoms with E-state index >= 15 is 0 Å². The highest BCUT2D eigenvalue weighted by Gasteiger charge is 2.26. The van der Waals surface area contributed by atoms with E-state index in [-0.39, 0.29) is 18.7 Å². The Bertz CT molecular complexity index is 243. The molecule has 1 aliphatic rings. The molecule has 15 heavy (non-hydrogen) atoms. The molecule has 0 saturated carbocycles. The van der Waals surface area contributed by atoms with Gasteiger partial charge in [-0.3, -0.25) is 9.59 Å². The van der Waals surface area contributed by atoms with E-state index in [1.165, 1.54) is 0 Å². The fraction of sp³-hybridized carbons (Fsp3) is 0.750. The van der Waals surface area contributed by atoms with Crippen LogP contribution in [-0.4, -0.2) is 51.3 Å². The Morgan fingerprint density at radius 2 is 2.27 bits per heavy atom. The number of hydroxylamine groups is 1. The number of aliphatic carboxylic acids is 1. The molecule has 1 unspecified atom stereocenters. The quantitative estimate of drug-likeness (QED) is 0.567. The van der Waals surface area contributed by atoms with Gasteiger partial charge in [0.25, 0.3) is 0 Å². The van der Waals surface area contributed by atoms with Crippen LogP contribution in [0.2, 0.25) is 0 Å². The monoisotopic (exact) mass is 234 g/mol. The van der Waals surface area contributed by atoms with Gasteiger partial charge in [-0.2, -0.15) is 5.48 Å². The third-order valence-electron chi connectivity index (χ3n) is 2.17. The summed E-state index contributed by atoms with van der Waals surface area (Å²) in [6.07, 6.45) is -0.0310. The molecule has 0 radical (unpaired) electrons. The number of nitrogens with one attached hydrogen (secondary N) is 1. The van der Waals surface area contributed by atoms with Gasteiger partial charge in [-0.05, 0) is 6.42 Å². The number of carboxylic acids is 1. The van der Waals surface area contributed by atoms with Gasteiger partial charge in [-0.15, -0.1) is 11.8 Å². The van der Waals surface area contributed by atoms with E-state index in [9.17, 15) is 9.59 Å². The van der Waals surface area contributed by atoms with E-state index in [2.05, 4.69) is 0 Å². The lowest BCUT2D eigenvalue weighted by Gasteiger charge is -2.20. The predicted octanol–water partition coefficient (Wildman–Crippen LogP) is -0.269. The zero-order valence-corrected chi connectivity index (χ0v) is 9.00. The van der Waals surface area contributed by atoms with Crippen molar-refractivity contribution in [3.63, 3.8) is 0 Å². The SMILES string of the molecule is O=C(O)CCC(NO)C(=O)N1CCSC1. The smallest absolute Gasteiger partial charge is 0.303 e. The van der Waals surface area contributed by atoms with Crippen LogP contribution in [0.5, 0.6) is 0 Å². The summed E-state index contributed by atoms with van der Waals surface area (Å²) in [7, 11) is 0. The highest BCUT2D eigenvalue weighted by Crippen LogP contribution is 2.15. The highest BCUT2D eigenvalue weighted by molar-refractivity contribution is 7.99. The van der Waals surface area contributed by atoms with Crippen molar-refractivity contribution in [3.05, 3.63) is 0 Å². The molecule has 6 nitrogen and oxygen atoms in total. The lowest BCUT2D eigenvalue weighted by Crippen LogP contribution is -2.44. The standard InChI is InChI=1S/C8H14N2O4S/c11-7(12)2-1-6(9-14)8(13)10-3-4-15-5-10/h6,9,14H,1-5H2,(H,11,12). The number of hydrogen-bond donors (Lipinski definition) is 3. The lowest BCUT2D eigenvalue weighted by molar-refractivity contribution is -0.138. The van der Waals surface area contributed by atoms with Crippen LogP contribution < -0.4 is 5.48 Å².